The van der Waals surface area contributed by atoms with Gasteiger partial charge in [0, 0.05) is 6.42 Å². The first-order valence-electron chi connectivity index (χ1n) is 17.5. The highest BCUT2D eigenvalue weighted by atomic mass is 28.4. The van der Waals surface area contributed by atoms with Gasteiger partial charge in [-0.05, 0) is 24.6 Å². The molecule has 0 amide bonds. The smallest absolute Gasteiger partial charge is 0.305 e. The first kappa shape index (κ1) is 44.4. The lowest BCUT2D eigenvalue weighted by molar-refractivity contribution is -0.145. The highest BCUT2D eigenvalue weighted by Crippen LogP contribution is 2.36. The maximum absolute atomic E-state index is 11.8. The lowest BCUT2D eigenvalue weighted by Crippen LogP contribution is -2.41. The van der Waals surface area contributed by atoms with Crippen LogP contribution in [0.25, 0.3) is 0 Å². The van der Waals surface area contributed by atoms with Gasteiger partial charge >= 0.3 is 5.97 Å². The van der Waals surface area contributed by atoms with Crippen molar-refractivity contribution >= 4 is 14.3 Å². The Bertz CT molecular complexity index is 631. The van der Waals surface area contributed by atoms with Crippen molar-refractivity contribution in [2.75, 3.05) is 106 Å². The fourth-order valence-electron chi connectivity index (χ4n) is 3.86. The standard InChI is InChI=1S/C34H70O10Si/c1-7-8-9-10-11-12-13-14-15-16-33(35)43-31-29-41-27-25-39-23-21-37-19-17-36-18-20-38-22-24-40-26-28-42-30-32-44-45(5,6)34(2,3)4/h7-32H2,1-6H3. The van der Waals surface area contributed by atoms with Crippen molar-refractivity contribution in [3.05, 3.63) is 0 Å². The summed E-state index contributed by atoms with van der Waals surface area (Å²) in [5.74, 6) is -0.132. The number of rotatable bonds is 35. The summed E-state index contributed by atoms with van der Waals surface area (Å²) in [6.45, 7) is 21.5. The molecular weight excluding hydrogens is 596 g/mol. The summed E-state index contributed by atoms with van der Waals surface area (Å²) >= 11 is 0. The molecule has 0 N–H and O–H groups in total. The van der Waals surface area contributed by atoms with E-state index >= 15 is 0 Å². The topological polar surface area (TPSA) is 100 Å². The number of unbranched alkanes of at least 4 members (excludes halogenated alkanes) is 8. The Morgan fingerprint density at radius 2 is 0.778 bits per heavy atom. The number of hydrogen-bond acceptors (Lipinski definition) is 10. The largest absolute Gasteiger partial charge is 0.463 e. The molecule has 0 aromatic carbocycles. The number of esters is 1. The molecule has 45 heavy (non-hydrogen) atoms. The van der Waals surface area contributed by atoms with Gasteiger partial charge < -0.3 is 42.3 Å². The molecule has 0 aliphatic rings. The SMILES string of the molecule is CCCCCCCCCCCC(=O)OCCOCCOCCOCCOCCOCCOCCOCCO[Si](C)(C)C(C)(C)C. The van der Waals surface area contributed by atoms with Crippen molar-refractivity contribution < 1.29 is 47.1 Å². The molecule has 0 unspecified atom stereocenters. The molecule has 0 bridgehead atoms. The summed E-state index contributed by atoms with van der Waals surface area (Å²) in [4.78, 5) is 11.8. The first-order valence-corrected chi connectivity index (χ1v) is 20.5. The number of ether oxygens (including phenoxy) is 8. The van der Waals surface area contributed by atoms with E-state index in [-0.39, 0.29) is 11.0 Å². The van der Waals surface area contributed by atoms with Crippen molar-refractivity contribution in [1.82, 2.24) is 0 Å². The van der Waals surface area contributed by atoms with Crippen LogP contribution in [0.1, 0.15) is 91.9 Å². The maximum atomic E-state index is 11.8. The third-order valence-electron chi connectivity index (χ3n) is 7.70. The summed E-state index contributed by atoms with van der Waals surface area (Å²) in [6, 6.07) is 0. The second-order valence-electron chi connectivity index (χ2n) is 12.7. The normalized spacial score (nSPS) is 12.2. The molecule has 0 saturated heterocycles. The molecule has 0 radical (unpaired) electrons. The van der Waals surface area contributed by atoms with Gasteiger partial charge in [0.25, 0.3) is 0 Å². The highest BCUT2D eigenvalue weighted by Gasteiger charge is 2.36. The van der Waals surface area contributed by atoms with Gasteiger partial charge in [0.1, 0.15) is 6.61 Å². The minimum Gasteiger partial charge on any atom is -0.463 e. The second kappa shape index (κ2) is 31.9. The summed E-state index contributed by atoms with van der Waals surface area (Å²) in [5, 5.41) is 0.218. The van der Waals surface area contributed by atoms with Crippen molar-refractivity contribution in [1.29, 1.82) is 0 Å². The molecule has 0 aromatic heterocycles. The van der Waals surface area contributed by atoms with E-state index in [1.165, 1.54) is 44.9 Å². The lowest BCUT2D eigenvalue weighted by atomic mass is 10.1. The van der Waals surface area contributed by atoms with E-state index in [0.717, 1.165) is 12.8 Å². The van der Waals surface area contributed by atoms with Crippen molar-refractivity contribution in [3.63, 3.8) is 0 Å². The predicted molar refractivity (Wildman–Crippen MR) is 182 cm³/mol. The summed E-state index contributed by atoms with van der Waals surface area (Å²) in [6.07, 6.45) is 11.6. The molecule has 0 fully saturated rings. The lowest BCUT2D eigenvalue weighted by Gasteiger charge is -2.36. The van der Waals surface area contributed by atoms with Crippen molar-refractivity contribution in [2.24, 2.45) is 0 Å². The van der Waals surface area contributed by atoms with Gasteiger partial charge in [0.05, 0.1) is 99.1 Å². The Kier molecular flexibility index (Phi) is 31.5. The van der Waals surface area contributed by atoms with Gasteiger partial charge in [0.2, 0.25) is 0 Å². The summed E-state index contributed by atoms with van der Waals surface area (Å²) in [5.41, 5.74) is 0. The van der Waals surface area contributed by atoms with Gasteiger partial charge in [-0.2, -0.15) is 0 Å². The van der Waals surface area contributed by atoms with Gasteiger partial charge in [-0.15, -0.1) is 0 Å². The van der Waals surface area contributed by atoms with Crippen LogP contribution < -0.4 is 0 Å². The Morgan fingerprint density at radius 1 is 0.467 bits per heavy atom. The van der Waals surface area contributed by atoms with Crippen LogP contribution in [0.5, 0.6) is 0 Å². The quantitative estimate of drug-likeness (QED) is 0.0419. The molecule has 270 valence electrons. The second-order valence-corrected chi connectivity index (χ2v) is 17.5. The number of carbonyl (C=O) groups excluding carboxylic acids is 1. The van der Waals surface area contributed by atoms with Crippen LogP contribution in [0, 0.1) is 0 Å². The van der Waals surface area contributed by atoms with E-state index in [0.29, 0.717) is 112 Å². The molecule has 10 nitrogen and oxygen atoms in total. The number of hydrogen-bond donors (Lipinski definition) is 0. The number of carbonyl (C=O) groups is 1. The van der Waals surface area contributed by atoms with Crippen LogP contribution in [-0.2, 0) is 47.1 Å². The van der Waals surface area contributed by atoms with Gasteiger partial charge in [-0.25, -0.2) is 0 Å². The van der Waals surface area contributed by atoms with Crippen LogP contribution in [-0.4, -0.2) is 120 Å². The molecule has 0 saturated carbocycles. The minimum absolute atomic E-state index is 0.132. The molecule has 0 aromatic rings. The monoisotopic (exact) mass is 666 g/mol. The van der Waals surface area contributed by atoms with Crippen molar-refractivity contribution in [3.8, 4) is 0 Å². The Morgan fingerprint density at radius 3 is 1.13 bits per heavy atom. The van der Waals surface area contributed by atoms with E-state index in [2.05, 4.69) is 40.8 Å². The fourth-order valence-corrected chi connectivity index (χ4v) is 4.89. The van der Waals surface area contributed by atoms with E-state index in [1.54, 1.807) is 0 Å². The van der Waals surface area contributed by atoms with Crippen molar-refractivity contribution in [2.45, 2.75) is 110 Å². The maximum Gasteiger partial charge on any atom is 0.305 e. The van der Waals surface area contributed by atoms with E-state index in [9.17, 15) is 4.79 Å². The van der Waals surface area contributed by atoms with E-state index < -0.39 is 8.32 Å². The molecule has 0 spiro atoms. The molecular formula is C34H70O10Si. The van der Waals surface area contributed by atoms with Gasteiger partial charge in [0.15, 0.2) is 8.32 Å². The van der Waals surface area contributed by atoms with Crippen LogP contribution in [0.4, 0.5) is 0 Å². The predicted octanol–water partition coefficient (Wildman–Crippen LogP) is 6.59. The third kappa shape index (κ3) is 31.7. The Balaban J connectivity index is 3.19. The molecule has 0 aliphatic carbocycles. The van der Waals surface area contributed by atoms with E-state index in [1.807, 2.05) is 0 Å². The Hall–Kier alpha value is -0.633. The van der Waals surface area contributed by atoms with Crippen LogP contribution in [0.3, 0.4) is 0 Å². The van der Waals surface area contributed by atoms with Crippen LogP contribution in [0.15, 0.2) is 0 Å². The average Bonchev–Trinajstić information content (AvgIpc) is 2.99. The third-order valence-corrected chi connectivity index (χ3v) is 12.2. The minimum atomic E-state index is -1.70. The van der Waals surface area contributed by atoms with Gasteiger partial charge in [-0.3, -0.25) is 4.79 Å². The highest BCUT2D eigenvalue weighted by molar-refractivity contribution is 6.74. The molecule has 0 atom stereocenters. The van der Waals surface area contributed by atoms with Crippen LogP contribution >= 0.6 is 0 Å². The van der Waals surface area contributed by atoms with Gasteiger partial charge in [-0.1, -0.05) is 79.1 Å². The first-order chi connectivity index (χ1) is 21.7. The zero-order valence-electron chi connectivity index (χ0n) is 30.0. The fraction of sp³-hybridized carbons (Fsp3) is 0.971. The Labute approximate surface area is 276 Å². The molecule has 0 rings (SSSR count). The zero-order chi connectivity index (χ0) is 33.3. The molecule has 11 heteroatoms. The van der Waals surface area contributed by atoms with E-state index in [4.69, 9.17) is 42.3 Å². The zero-order valence-corrected chi connectivity index (χ0v) is 31.0. The summed E-state index contributed by atoms with van der Waals surface area (Å²) in [7, 11) is -1.70. The summed E-state index contributed by atoms with van der Waals surface area (Å²) < 4.78 is 49.8. The average molecular weight is 667 g/mol. The molecule has 0 aliphatic heterocycles. The molecule has 0 heterocycles. The van der Waals surface area contributed by atoms with Crippen LogP contribution in [0.2, 0.25) is 18.1 Å².